The van der Waals surface area contributed by atoms with Crippen molar-refractivity contribution in [3.05, 3.63) is 0 Å². The fraction of sp³-hybridized carbons (Fsp3) is 0.944. The Labute approximate surface area is 126 Å². The molecule has 0 aliphatic heterocycles. The predicted octanol–water partition coefficient (Wildman–Crippen LogP) is 6.04. The van der Waals surface area contributed by atoms with Crippen LogP contribution in [0.4, 0.5) is 0 Å². The van der Waals surface area contributed by atoms with Gasteiger partial charge in [0.1, 0.15) is 0 Å². The first kappa shape index (κ1) is 19.5. The van der Waals surface area contributed by atoms with Gasteiger partial charge in [0.2, 0.25) is 0 Å². The van der Waals surface area contributed by atoms with Crippen molar-refractivity contribution in [3.8, 4) is 0 Å². The van der Waals surface area contributed by atoms with E-state index in [9.17, 15) is 9.90 Å². The highest BCUT2D eigenvalue weighted by molar-refractivity contribution is 5.69. The zero-order valence-electron chi connectivity index (χ0n) is 14.0. The molecular weight excluding hydrogens is 248 g/mol. The van der Waals surface area contributed by atoms with Crippen molar-refractivity contribution in [2.24, 2.45) is 11.8 Å². The summed E-state index contributed by atoms with van der Waals surface area (Å²) in [6.07, 6.45) is 14.1. The van der Waals surface area contributed by atoms with Crippen molar-refractivity contribution in [1.82, 2.24) is 0 Å². The second-order valence-electron chi connectivity index (χ2n) is 6.26. The van der Waals surface area contributed by atoms with Crippen molar-refractivity contribution in [2.75, 3.05) is 0 Å². The average Bonchev–Trinajstić information content (AvgIpc) is 2.43. The second kappa shape index (κ2) is 13.5. The molecule has 0 heterocycles. The van der Waals surface area contributed by atoms with E-state index < -0.39 is 5.97 Å². The van der Waals surface area contributed by atoms with Gasteiger partial charge >= 0.3 is 5.97 Å². The van der Waals surface area contributed by atoms with Crippen LogP contribution in [0.25, 0.3) is 0 Å². The van der Waals surface area contributed by atoms with Gasteiger partial charge in [0.05, 0.1) is 5.92 Å². The van der Waals surface area contributed by atoms with E-state index in [1.54, 1.807) is 0 Å². The summed E-state index contributed by atoms with van der Waals surface area (Å²) >= 11 is 0. The monoisotopic (exact) mass is 284 g/mol. The Kier molecular flexibility index (Phi) is 13.1. The van der Waals surface area contributed by atoms with E-state index >= 15 is 0 Å². The SMILES string of the molecule is CCCCC(CCC)CCCCC(CCCC)C(=O)O. The summed E-state index contributed by atoms with van der Waals surface area (Å²) in [5.41, 5.74) is 0. The molecule has 0 saturated heterocycles. The average molecular weight is 284 g/mol. The van der Waals surface area contributed by atoms with Gasteiger partial charge in [-0.15, -0.1) is 0 Å². The molecule has 2 heteroatoms. The van der Waals surface area contributed by atoms with Gasteiger partial charge < -0.3 is 5.11 Å². The van der Waals surface area contributed by atoms with Crippen LogP contribution < -0.4 is 0 Å². The van der Waals surface area contributed by atoms with Crippen molar-refractivity contribution >= 4 is 5.97 Å². The molecule has 0 rings (SSSR count). The first-order valence-corrected chi connectivity index (χ1v) is 8.88. The number of hydrogen-bond acceptors (Lipinski definition) is 1. The van der Waals surface area contributed by atoms with Gasteiger partial charge in [-0.3, -0.25) is 4.79 Å². The lowest BCUT2D eigenvalue weighted by molar-refractivity contribution is -0.142. The third-order valence-electron chi connectivity index (χ3n) is 4.33. The number of carboxylic acids is 1. The highest BCUT2D eigenvalue weighted by Gasteiger charge is 2.16. The Morgan fingerprint density at radius 1 is 0.750 bits per heavy atom. The summed E-state index contributed by atoms with van der Waals surface area (Å²) in [4.78, 5) is 11.2. The standard InChI is InChI=1S/C18H36O2/c1-4-7-12-16(11-6-3)13-9-10-15-17(18(19)20)14-8-5-2/h16-17H,4-15H2,1-3H3,(H,19,20). The molecule has 0 saturated carbocycles. The summed E-state index contributed by atoms with van der Waals surface area (Å²) in [5, 5.41) is 9.21. The van der Waals surface area contributed by atoms with E-state index in [1.165, 1.54) is 44.9 Å². The zero-order chi connectivity index (χ0) is 15.2. The third-order valence-corrected chi connectivity index (χ3v) is 4.33. The molecule has 0 amide bonds. The quantitative estimate of drug-likeness (QED) is 0.394. The minimum absolute atomic E-state index is 0.102. The van der Waals surface area contributed by atoms with Crippen LogP contribution in [0.5, 0.6) is 0 Å². The molecule has 0 aliphatic rings. The third kappa shape index (κ3) is 10.3. The number of unbranched alkanes of at least 4 members (excludes halogenated alkanes) is 3. The van der Waals surface area contributed by atoms with Crippen LogP contribution >= 0.6 is 0 Å². The van der Waals surface area contributed by atoms with Gasteiger partial charge in [-0.1, -0.05) is 85.0 Å². The molecule has 2 nitrogen and oxygen atoms in total. The molecule has 0 aromatic rings. The van der Waals surface area contributed by atoms with Crippen molar-refractivity contribution in [2.45, 2.75) is 97.8 Å². The van der Waals surface area contributed by atoms with Crippen molar-refractivity contribution in [1.29, 1.82) is 0 Å². The minimum atomic E-state index is -0.588. The molecule has 0 bridgehead atoms. The maximum absolute atomic E-state index is 11.2. The molecule has 0 aromatic heterocycles. The van der Waals surface area contributed by atoms with Crippen LogP contribution in [0.15, 0.2) is 0 Å². The van der Waals surface area contributed by atoms with Crippen LogP contribution in [-0.4, -0.2) is 11.1 Å². The molecular formula is C18H36O2. The second-order valence-corrected chi connectivity index (χ2v) is 6.26. The maximum Gasteiger partial charge on any atom is 0.306 e. The molecule has 2 unspecified atom stereocenters. The van der Waals surface area contributed by atoms with Crippen LogP contribution in [0.3, 0.4) is 0 Å². The van der Waals surface area contributed by atoms with Crippen molar-refractivity contribution < 1.29 is 9.90 Å². The van der Waals surface area contributed by atoms with E-state index in [1.807, 2.05) is 0 Å². The predicted molar refractivity (Wildman–Crippen MR) is 87.0 cm³/mol. The fourth-order valence-corrected chi connectivity index (χ4v) is 3.00. The molecule has 120 valence electrons. The summed E-state index contributed by atoms with van der Waals surface area (Å²) in [6, 6.07) is 0. The minimum Gasteiger partial charge on any atom is -0.481 e. The highest BCUT2D eigenvalue weighted by atomic mass is 16.4. The fourth-order valence-electron chi connectivity index (χ4n) is 3.00. The van der Waals surface area contributed by atoms with E-state index in [0.29, 0.717) is 0 Å². The summed E-state index contributed by atoms with van der Waals surface area (Å²) in [6.45, 7) is 6.65. The largest absolute Gasteiger partial charge is 0.481 e. The Morgan fingerprint density at radius 2 is 1.25 bits per heavy atom. The van der Waals surface area contributed by atoms with Crippen LogP contribution in [0.1, 0.15) is 97.8 Å². The molecule has 0 aliphatic carbocycles. The van der Waals surface area contributed by atoms with Gasteiger partial charge in [-0.2, -0.15) is 0 Å². The lowest BCUT2D eigenvalue weighted by atomic mass is 9.89. The number of hydrogen-bond donors (Lipinski definition) is 1. The molecule has 20 heavy (non-hydrogen) atoms. The number of aliphatic carboxylic acids is 1. The Morgan fingerprint density at radius 3 is 1.80 bits per heavy atom. The van der Waals surface area contributed by atoms with Gasteiger partial charge in [-0.25, -0.2) is 0 Å². The molecule has 0 spiro atoms. The van der Waals surface area contributed by atoms with Crippen molar-refractivity contribution in [3.63, 3.8) is 0 Å². The number of rotatable bonds is 14. The Bertz CT molecular complexity index is 225. The summed E-state index contributed by atoms with van der Waals surface area (Å²) in [7, 11) is 0. The summed E-state index contributed by atoms with van der Waals surface area (Å²) < 4.78 is 0. The summed E-state index contributed by atoms with van der Waals surface area (Å²) in [5.74, 6) is 0.184. The van der Waals surface area contributed by atoms with Gasteiger partial charge in [0.15, 0.2) is 0 Å². The lowest BCUT2D eigenvalue weighted by Crippen LogP contribution is -2.13. The first-order chi connectivity index (χ1) is 9.65. The maximum atomic E-state index is 11.2. The molecule has 0 fully saturated rings. The molecule has 1 N–H and O–H groups in total. The molecule has 2 atom stereocenters. The van der Waals surface area contributed by atoms with E-state index in [4.69, 9.17) is 0 Å². The van der Waals surface area contributed by atoms with Crippen LogP contribution in [0, 0.1) is 11.8 Å². The molecule has 0 radical (unpaired) electrons. The van der Waals surface area contributed by atoms with Gasteiger partial charge in [0.25, 0.3) is 0 Å². The topological polar surface area (TPSA) is 37.3 Å². The number of carbonyl (C=O) groups is 1. The smallest absolute Gasteiger partial charge is 0.306 e. The van der Waals surface area contributed by atoms with Gasteiger partial charge in [-0.05, 0) is 18.8 Å². The van der Waals surface area contributed by atoms with Gasteiger partial charge in [0, 0.05) is 0 Å². The van der Waals surface area contributed by atoms with E-state index in [0.717, 1.165) is 38.0 Å². The highest BCUT2D eigenvalue weighted by Crippen LogP contribution is 2.23. The first-order valence-electron chi connectivity index (χ1n) is 8.88. The molecule has 0 aromatic carbocycles. The van der Waals surface area contributed by atoms with Crippen LogP contribution in [-0.2, 0) is 4.79 Å². The van der Waals surface area contributed by atoms with Crippen LogP contribution in [0.2, 0.25) is 0 Å². The lowest BCUT2D eigenvalue weighted by Gasteiger charge is -2.16. The van der Waals surface area contributed by atoms with E-state index in [-0.39, 0.29) is 5.92 Å². The Hall–Kier alpha value is -0.530. The Balaban J connectivity index is 3.85. The van der Waals surface area contributed by atoms with E-state index in [2.05, 4.69) is 20.8 Å². The number of carboxylic acid groups (broad SMARTS) is 1. The zero-order valence-corrected chi connectivity index (χ0v) is 14.0. The normalized spacial score (nSPS) is 14.2.